The van der Waals surface area contributed by atoms with Crippen molar-refractivity contribution in [2.45, 2.75) is 73.3 Å². The molecule has 0 saturated heterocycles. The van der Waals surface area contributed by atoms with Crippen LogP contribution in [-0.4, -0.2) is 12.1 Å². The van der Waals surface area contributed by atoms with Crippen LogP contribution in [0.15, 0.2) is 22.7 Å². The summed E-state index contributed by atoms with van der Waals surface area (Å²) in [6.45, 7) is 22.4. The van der Waals surface area contributed by atoms with Crippen LogP contribution < -0.4 is 4.90 Å². The number of hydrogen-bond acceptors (Lipinski definition) is 1. The molecule has 2 rings (SSSR count). The third-order valence-electron chi connectivity index (χ3n) is 5.47. The molecule has 22 heavy (non-hydrogen) atoms. The minimum absolute atomic E-state index is 0.0999. The van der Waals surface area contributed by atoms with Gasteiger partial charge in [0.05, 0.1) is 0 Å². The number of rotatable bonds is 0. The van der Waals surface area contributed by atoms with Gasteiger partial charge in [0.1, 0.15) is 0 Å². The maximum atomic E-state index is 3.88. The summed E-state index contributed by atoms with van der Waals surface area (Å²) in [7, 11) is 0. The van der Waals surface area contributed by atoms with E-state index in [2.05, 4.69) is 101 Å². The molecular weight excluding hydrogens is 334 g/mol. The van der Waals surface area contributed by atoms with Gasteiger partial charge in [-0.3, -0.25) is 0 Å². The van der Waals surface area contributed by atoms with E-state index in [1.165, 1.54) is 15.7 Å². The molecule has 1 aliphatic rings. The van der Waals surface area contributed by atoms with Crippen molar-refractivity contribution in [2.24, 2.45) is 10.8 Å². The van der Waals surface area contributed by atoms with Gasteiger partial charge in [-0.1, -0.05) is 63.5 Å². The Kier molecular flexibility index (Phi) is 4.05. The van der Waals surface area contributed by atoms with E-state index < -0.39 is 0 Å². The second kappa shape index (κ2) is 5.00. The molecule has 0 fully saturated rings. The maximum Gasteiger partial charge on any atom is 0.0421 e. The molecule has 1 nitrogen and oxygen atoms in total. The molecule has 0 radical (unpaired) electrons. The Morgan fingerprint density at radius 2 is 1.41 bits per heavy atom. The van der Waals surface area contributed by atoms with E-state index in [1.807, 2.05) is 0 Å². The lowest BCUT2D eigenvalue weighted by molar-refractivity contribution is 0.0630. The van der Waals surface area contributed by atoms with Crippen molar-refractivity contribution in [3.8, 4) is 0 Å². The molecule has 1 aromatic rings. The van der Waals surface area contributed by atoms with E-state index in [4.69, 9.17) is 0 Å². The topological polar surface area (TPSA) is 3.24 Å². The molecule has 2 heteroatoms. The first-order valence-electron chi connectivity index (χ1n) is 8.30. The molecule has 0 atom stereocenters. The Morgan fingerprint density at radius 3 is 1.82 bits per heavy atom. The Bertz CT molecular complexity index is 553. The number of nitrogens with zero attached hydrogens (tertiary/aromatic N) is 1. The average Bonchev–Trinajstić information content (AvgIpc) is 2.64. The van der Waals surface area contributed by atoms with Crippen molar-refractivity contribution >= 4 is 21.6 Å². The Labute approximate surface area is 145 Å². The third-order valence-corrected chi connectivity index (χ3v) is 6.14. The smallest absolute Gasteiger partial charge is 0.0421 e. The van der Waals surface area contributed by atoms with Crippen molar-refractivity contribution in [1.82, 2.24) is 0 Å². The van der Waals surface area contributed by atoms with Gasteiger partial charge in [-0.05, 0) is 49.3 Å². The van der Waals surface area contributed by atoms with Crippen molar-refractivity contribution in [2.75, 3.05) is 11.4 Å². The van der Waals surface area contributed by atoms with E-state index in [-0.39, 0.29) is 21.8 Å². The minimum atomic E-state index is 0.0999. The van der Waals surface area contributed by atoms with Crippen LogP contribution in [0.4, 0.5) is 5.69 Å². The molecule has 124 valence electrons. The van der Waals surface area contributed by atoms with Gasteiger partial charge in [-0.15, -0.1) is 0 Å². The summed E-state index contributed by atoms with van der Waals surface area (Å²) in [4.78, 5) is 2.60. The molecule has 0 bridgehead atoms. The van der Waals surface area contributed by atoms with Gasteiger partial charge in [-0.25, -0.2) is 0 Å². The molecule has 0 spiro atoms. The lowest BCUT2D eigenvalue weighted by Gasteiger charge is -2.53. The zero-order valence-electron chi connectivity index (χ0n) is 15.8. The summed E-state index contributed by atoms with van der Waals surface area (Å²) < 4.78 is 1.25. The second-order valence-corrected chi connectivity index (χ2v) is 10.7. The van der Waals surface area contributed by atoms with Gasteiger partial charge in [0, 0.05) is 27.7 Å². The highest BCUT2D eigenvalue weighted by Crippen LogP contribution is 2.62. The average molecular weight is 366 g/mol. The number of benzene rings is 1. The van der Waals surface area contributed by atoms with Gasteiger partial charge >= 0.3 is 0 Å². The zero-order valence-corrected chi connectivity index (χ0v) is 17.4. The van der Waals surface area contributed by atoms with Crippen molar-refractivity contribution in [3.63, 3.8) is 0 Å². The quantitative estimate of drug-likeness (QED) is 0.514. The SMILES string of the molecule is CC(C)(C)N1CC(C(C)(C)C)(C(C)(C)C)c2c(Br)cccc21. The van der Waals surface area contributed by atoms with Crippen LogP contribution in [0, 0.1) is 10.8 Å². The van der Waals surface area contributed by atoms with Crippen LogP contribution in [0.25, 0.3) is 0 Å². The summed E-state index contributed by atoms with van der Waals surface area (Å²) in [5.41, 5.74) is 3.45. The molecule has 0 N–H and O–H groups in total. The van der Waals surface area contributed by atoms with Crippen molar-refractivity contribution < 1.29 is 0 Å². The van der Waals surface area contributed by atoms with Crippen molar-refractivity contribution in [1.29, 1.82) is 0 Å². The van der Waals surface area contributed by atoms with Crippen LogP contribution in [0.1, 0.15) is 67.9 Å². The third kappa shape index (κ3) is 2.42. The highest BCUT2D eigenvalue weighted by atomic mass is 79.9. The van der Waals surface area contributed by atoms with E-state index in [1.54, 1.807) is 0 Å². The summed E-state index contributed by atoms with van der Waals surface area (Å²) in [6, 6.07) is 6.67. The van der Waals surface area contributed by atoms with E-state index >= 15 is 0 Å². The van der Waals surface area contributed by atoms with Crippen LogP contribution >= 0.6 is 15.9 Å². The van der Waals surface area contributed by atoms with Crippen LogP contribution in [0.3, 0.4) is 0 Å². The minimum Gasteiger partial charge on any atom is -0.365 e. The monoisotopic (exact) mass is 365 g/mol. The normalized spacial score (nSPS) is 18.5. The summed E-state index contributed by atoms with van der Waals surface area (Å²) in [5, 5.41) is 0. The molecule has 0 aromatic heterocycles. The van der Waals surface area contributed by atoms with Gasteiger partial charge in [0.2, 0.25) is 0 Å². The predicted octanol–water partition coefficient (Wildman–Crippen LogP) is 6.40. The lowest BCUT2D eigenvalue weighted by Crippen LogP contribution is -2.55. The Balaban J connectivity index is 2.86. The van der Waals surface area contributed by atoms with E-state index in [0.29, 0.717) is 0 Å². The largest absolute Gasteiger partial charge is 0.365 e. The predicted molar refractivity (Wildman–Crippen MR) is 102 cm³/mol. The van der Waals surface area contributed by atoms with E-state index in [0.717, 1.165) is 6.54 Å². The van der Waals surface area contributed by atoms with Crippen LogP contribution in [0.5, 0.6) is 0 Å². The molecule has 1 heterocycles. The number of hydrogen-bond donors (Lipinski definition) is 0. The molecule has 0 saturated carbocycles. The summed E-state index contributed by atoms with van der Waals surface area (Å²) in [5.74, 6) is 0. The molecule has 0 amide bonds. The number of halogens is 1. The molecule has 1 aliphatic heterocycles. The number of anilines is 1. The molecule has 0 aliphatic carbocycles. The van der Waals surface area contributed by atoms with Gasteiger partial charge in [-0.2, -0.15) is 0 Å². The highest BCUT2D eigenvalue weighted by molar-refractivity contribution is 9.10. The Morgan fingerprint density at radius 1 is 0.909 bits per heavy atom. The molecular formula is C20H32BrN. The van der Waals surface area contributed by atoms with Gasteiger partial charge in [0.15, 0.2) is 0 Å². The van der Waals surface area contributed by atoms with Crippen molar-refractivity contribution in [3.05, 3.63) is 28.2 Å². The first kappa shape index (κ1) is 17.8. The Hall–Kier alpha value is -0.500. The summed E-state index contributed by atoms with van der Waals surface area (Å²) >= 11 is 3.88. The fourth-order valence-corrected chi connectivity index (χ4v) is 5.20. The molecule has 0 unspecified atom stereocenters. The maximum absolute atomic E-state index is 3.88. The first-order valence-corrected chi connectivity index (χ1v) is 9.09. The van der Waals surface area contributed by atoms with Gasteiger partial charge in [0.25, 0.3) is 0 Å². The fourth-order valence-electron chi connectivity index (χ4n) is 4.51. The number of fused-ring (bicyclic) bond motifs is 1. The molecule has 1 aromatic carbocycles. The fraction of sp³-hybridized carbons (Fsp3) is 0.700. The van der Waals surface area contributed by atoms with Crippen LogP contribution in [0.2, 0.25) is 0 Å². The lowest BCUT2D eigenvalue weighted by atomic mass is 9.52. The summed E-state index contributed by atoms with van der Waals surface area (Å²) in [6.07, 6.45) is 0. The van der Waals surface area contributed by atoms with Gasteiger partial charge < -0.3 is 4.90 Å². The van der Waals surface area contributed by atoms with Crippen LogP contribution in [-0.2, 0) is 5.41 Å². The highest BCUT2D eigenvalue weighted by Gasteiger charge is 2.58. The second-order valence-electron chi connectivity index (χ2n) is 9.80. The standard InChI is InChI=1S/C20H32BrN/c1-17(2,3)20(18(4,5)6)13-22(19(7,8)9)15-12-10-11-14(21)16(15)20/h10-12H,13H2,1-9H3. The van der Waals surface area contributed by atoms with E-state index in [9.17, 15) is 0 Å². The zero-order chi connectivity index (χ0) is 17.1. The first-order chi connectivity index (χ1) is 9.73.